The number of H-pyrrole nitrogens is 1. The van der Waals surface area contributed by atoms with E-state index < -0.39 is 0 Å². The summed E-state index contributed by atoms with van der Waals surface area (Å²) >= 11 is 0. The van der Waals surface area contributed by atoms with Crippen molar-refractivity contribution >= 4 is 0 Å². The van der Waals surface area contributed by atoms with Crippen molar-refractivity contribution in [3.8, 4) is 11.3 Å². The second-order valence-electron chi connectivity index (χ2n) is 6.10. The Hall–Kier alpha value is -1.94. The van der Waals surface area contributed by atoms with Gasteiger partial charge in [-0.15, -0.1) is 0 Å². The molecule has 22 heavy (non-hydrogen) atoms. The number of hydrogen-bond acceptors (Lipinski definition) is 3. The third kappa shape index (κ3) is 3.63. The fourth-order valence-electron chi connectivity index (χ4n) is 3.10. The maximum absolute atomic E-state index is 11.1. The van der Waals surface area contributed by atoms with E-state index in [2.05, 4.69) is 40.2 Å². The fourth-order valence-corrected chi connectivity index (χ4v) is 3.10. The Balaban J connectivity index is 1.69. The molecule has 0 unspecified atom stereocenters. The van der Waals surface area contributed by atoms with Gasteiger partial charge in [-0.05, 0) is 62.5 Å². The van der Waals surface area contributed by atoms with Gasteiger partial charge in [-0.2, -0.15) is 5.10 Å². The van der Waals surface area contributed by atoms with Gasteiger partial charge in [-0.1, -0.05) is 18.6 Å². The van der Waals surface area contributed by atoms with E-state index >= 15 is 0 Å². The largest absolute Gasteiger partial charge is 0.303 e. The molecule has 2 heterocycles. The summed E-state index contributed by atoms with van der Waals surface area (Å²) in [5, 5.41) is 6.58. The van der Waals surface area contributed by atoms with Crippen molar-refractivity contribution < 1.29 is 0 Å². The maximum atomic E-state index is 11.1. The van der Waals surface area contributed by atoms with E-state index in [-0.39, 0.29) is 5.56 Å². The first-order valence-corrected chi connectivity index (χ1v) is 8.10. The van der Waals surface area contributed by atoms with Crippen molar-refractivity contribution in [3.63, 3.8) is 0 Å². The molecule has 0 radical (unpaired) electrons. The number of hydrogen-bond donors (Lipinski definition) is 1. The van der Waals surface area contributed by atoms with Gasteiger partial charge in [0.05, 0.1) is 5.69 Å². The van der Waals surface area contributed by atoms with Crippen LogP contribution < -0.4 is 5.56 Å². The van der Waals surface area contributed by atoms with E-state index in [1.54, 1.807) is 6.07 Å². The van der Waals surface area contributed by atoms with Crippen LogP contribution in [0.4, 0.5) is 0 Å². The van der Waals surface area contributed by atoms with E-state index in [0.29, 0.717) is 0 Å². The van der Waals surface area contributed by atoms with E-state index in [9.17, 15) is 4.79 Å². The number of aromatic nitrogens is 2. The first-order chi connectivity index (χ1) is 10.7. The second-order valence-corrected chi connectivity index (χ2v) is 6.10. The number of aryl methyl sites for hydroxylation is 1. The number of likely N-dealkylation sites (tertiary alicyclic amines) is 1. The fraction of sp³-hybridized carbons (Fsp3) is 0.444. The minimum absolute atomic E-state index is 0.168. The van der Waals surface area contributed by atoms with Gasteiger partial charge < -0.3 is 4.90 Å². The van der Waals surface area contributed by atoms with Gasteiger partial charge in [0.2, 0.25) is 0 Å². The SMILES string of the molecule is Cc1cc(-c2ccc(=O)[nH]n2)ccc1CCN1CCCCC1. The molecule has 1 aliphatic heterocycles. The predicted molar refractivity (Wildman–Crippen MR) is 89.0 cm³/mol. The lowest BCUT2D eigenvalue weighted by Crippen LogP contribution is -2.31. The molecule has 0 amide bonds. The van der Waals surface area contributed by atoms with Crippen LogP contribution in [0, 0.1) is 6.92 Å². The van der Waals surface area contributed by atoms with Crippen LogP contribution in [0.15, 0.2) is 35.1 Å². The molecule has 116 valence electrons. The van der Waals surface area contributed by atoms with Gasteiger partial charge in [0, 0.05) is 18.2 Å². The Morgan fingerprint density at radius 1 is 1.14 bits per heavy atom. The topological polar surface area (TPSA) is 49.0 Å². The normalized spacial score (nSPS) is 15.9. The second kappa shape index (κ2) is 6.88. The Bertz CT molecular complexity index is 666. The predicted octanol–water partition coefficient (Wildman–Crippen LogP) is 2.77. The van der Waals surface area contributed by atoms with Crippen LogP contribution in [0.5, 0.6) is 0 Å². The summed E-state index contributed by atoms with van der Waals surface area (Å²) in [5.41, 5.74) is 4.39. The van der Waals surface area contributed by atoms with Crippen LogP contribution in [0.25, 0.3) is 11.3 Å². The smallest absolute Gasteiger partial charge is 0.264 e. The van der Waals surface area contributed by atoms with Gasteiger partial charge in [-0.3, -0.25) is 4.79 Å². The van der Waals surface area contributed by atoms with E-state index in [0.717, 1.165) is 24.2 Å². The molecule has 1 fully saturated rings. The highest BCUT2D eigenvalue weighted by molar-refractivity contribution is 5.60. The highest BCUT2D eigenvalue weighted by Gasteiger charge is 2.10. The minimum Gasteiger partial charge on any atom is -0.303 e. The molecule has 3 rings (SSSR count). The van der Waals surface area contributed by atoms with Crippen molar-refractivity contribution in [3.05, 3.63) is 51.8 Å². The van der Waals surface area contributed by atoms with Crippen LogP contribution in [-0.2, 0) is 6.42 Å². The molecule has 0 atom stereocenters. The standard InChI is InChI=1S/C18H23N3O/c1-14-13-16(17-7-8-18(22)20-19-17)6-5-15(14)9-12-21-10-3-2-4-11-21/h5-8,13H,2-4,9-12H2,1H3,(H,20,22). The average molecular weight is 297 g/mol. The molecule has 1 aromatic carbocycles. The minimum atomic E-state index is -0.168. The molecule has 4 nitrogen and oxygen atoms in total. The highest BCUT2D eigenvalue weighted by atomic mass is 16.1. The van der Waals surface area contributed by atoms with Gasteiger partial charge in [0.1, 0.15) is 0 Å². The van der Waals surface area contributed by atoms with Crippen molar-refractivity contribution in [2.75, 3.05) is 19.6 Å². The van der Waals surface area contributed by atoms with Gasteiger partial charge in [0.15, 0.2) is 0 Å². The Kier molecular flexibility index (Phi) is 4.68. The van der Waals surface area contributed by atoms with Gasteiger partial charge in [-0.25, -0.2) is 5.10 Å². The van der Waals surface area contributed by atoms with Crippen LogP contribution >= 0.6 is 0 Å². The molecule has 1 saturated heterocycles. The Morgan fingerprint density at radius 3 is 2.64 bits per heavy atom. The monoisotopic (exact) mass is 297 g/mol. The zero-order valence-electron chi connectivity index (χ0n) is 13.1. The average Bonchev–Trinajstić information content (AvgIpc) is 2.55. The molecule has 1 aromatic heterocycles. The Labute approximate surface area is 131 Å². The summed E-state index contributed by atoms with van der Waals surface area (Å²) in [5.74, 6) is 0. The van der Waals surface area contributed by atoms with Crippen LogP contribution in [-0.4, -0.2) is 34.7 Å². The first kappa shape index (κ1) is 15.0. The molecule has 0 spiro atoms. The van der Waals surface area contributed by atoms with E-state index in [1.807, 2.05) is 0 Å². The zero-order chi connectivity index (χ0) is 15.4. The molecule has 0 bridgehead atoms. The number of rotatable bonds is 4. The summed E-state index contributed by atoms with van der Waals surface area (Å²) < 4.78 is 0. The van der Waals surface area contributed by atoms with Crippen LogP contribution in [0.1, 0.15) is 30.4 Å². The number of piperidine rings is 1. The number of benzene rings is 1. The van der Waals surface area contributed by atoms with Crippen molar-refractivity contribution in [2.24, 2.45) is 0 Å². The molecular formula is C18H23N3O. The lowest BCUT2D eigenvalue weighted by Gasteiger charge is -2.26. The molecule has 1 aliphatic rings. The van der Waals surface area contributed by atoms with E-state index in [4.69, 9.17) is 0 Å². The molecular weight excluding hydrogens is 274 g/mol. The molecule has 0 saturated carbocycles. The molecule has 0 aliphatic carbocycles. The van der Waals surface area contributed by atoms with Gasteiger partial charge >= 0.3 is 0 Å². The molecule has 1 N–H and O–H groups in total. The van der Waals surface area contributed by atoms with E-state index in [1.165, 1.54) is 49.5 Å². The summed E-state index contributed by atoms with van der Waals surface area (Å²) in [6, 6.07) is 9.73. The zero-order valence-corrected chi connectivity index (χ0v) is 13.1. The van der Waals surface area contributed by atoms with Crippen molar-refractivity contribution in [2.45, 2.75) is 32.6 Å². The highest BCUT2D eigenvalue weighted by Crippen LogP contribution is 2.20. The lowest BCUT2D eigenvalue weighted by atomic mass is 10.0. The van der Waals surface area contributed by atoms with Crippen molar-refractivity contribution in [1.82, 2.24) is 15.1 Å². The first-order valence-electron chi connectivity index (χ1n) is 8.10. The summed E-state index contributed by atoms with van der Waals surface area (Å²) in [7, 11) is 0. The quantitative estimate of drug-likeness (QED) is 0.944. The maximum Gasteiger partial charge on any atom is 0.264 e. The summed E-state index contributed by atoms with van der Waals surface area (Å²) in [6.45, 7) is 5.80. The van der Waals surface area contributed by atoms with Crippen molar-refractivity contribution in [1.29, 1.82) is 0 Å². The summed E-state index contributed by atoms with van der Waals surface area (Å²) in [4.78, 5) is 13.7. The third-order valence-electron chi connectivity index (χ3n) is 4.46. The van der Waals surface area contributed by atoms with Gasteiger partial charge in [0.25, 0.3) is 5.56 Å². The summed E-state index contributed by atoms with van der Waals surface area (Å²) in [6.07, 6.45) is 5.17. The third-order valence-corrected chi connectivity index (χ3v) is 4.46. The number of aromatic amines is 1. The van der Waals surface area contributed by atoms with Crippen LogP contribution in [0.3, 0.4) is 0 Å². The number of nitrogens with one attached hydrogen (secondary N) is 1. The molecule has 2 aromatic rings. The van der Waals surface area contributed by atoms with Crippen LogP contribution in [0.2, 0.25) is 0 Å². The molecule has 4 heteroatoms. The lowest BCUT2D eigenvalue weighted by molar-refractivity contribution is 0.231. The Morgan fingerprint density at radius 2 is 1.95 bits per heavy atom. The number of nitrogens with zero attached hydrogens (tertiary/aromatic N) is 2.